The van der Waals surface area contributed by atoms with Crippen molar-refractivity contribution in [3.8, 4) is 16.9 Å². The Balaban J connectivity index is 2.58. The standard InChI is InChI=1S/C14H3F7O2/c1-23-14-5-3(7(16)11(20)12(14)21)2-4(13(5)22)8(17)10(19)9(18)6(2)15/h1H3. The van der Waals surface area contributed by atoms with Gasteiger partial charge in [-0.05, 0) is 0 Å². The second kappa shape index (κ2) is 4.71. The summed E-state index contributed by atoms with van der Waals surface area (Å²) in [5.41, 5.74) is -4.97. The van der Waals surface area contributed by atoms with Gasteiger partial charge < -0.3 is 4.74 Å². The highest BCUT2D eigenvalue weighted by Gasteiger charge is 2.43. The fraction of sp³-hybridized carbons (Fsp3) is 0.0714. The van der Waals surface area contributed by atoms with Gasteiger partial charge in [0.1, 0.15) is 0 Å². The fourth-order valence-electron chi connectivity index (χ4n) is 2.49. The summed E-state index contributed by atoms with van der Waals surface area (Å²) in [6.45, 7) is 0. The second-order valence-electron chi connectivity index (χ2n) is 4.56. The third kappa shape index (κ3) is 1.67. The summed E-state index contributed by atoms with van der Waals surface area (Å²) in [7, 11) is 0.792. The van der Waals surface area contributed by atoms with Crippen molar-refractivity contribution in [2.24, 2.45) is 0 Å². The zero-order valence-electron chi connectivity index (χ0n) is 11.0. The number of ether oxygens (including phenoxy) is 1. The molecule has 2 aromatic rings. The van der Waals surface area contributed by atoms with Crippen molar-refractivity contribution in [3.05, 3.63) is 51.8 Å². The van der Waals surface area contributed by atoms with E-state index >= 15 is 0 Å². The Kier molecular flexibility index (Phi) is 3.13. The van der Waals surface area contributed by atoms with E-state index in [1.807, 2.05) is 0 Å². The second-order valence-corrected chi connectivity index (χ2v) is 4.56. The van der Waals surface area contributed by atoms with Gasteiger partial charge in [0.05, 0.1) is 18.2 Å². The summed E-state index contributed by atoms with van der Waals surface area (Å²) in [5, 5.41) is 0. The molecule has 2 nitrogen and oxygen atoms in total. The normalized spacial score (nSPS) is 12.4. The Morgan fingerprint density at radius 1 is 0.565 bits per heavy atom. The summed E-state index contributed by atoms with van der Waals surface area (Å²) in [6, 6.07) is 0. The minimum Gasteiger partial charge on any atom is -0.493 e. The molecule has 0 bridgehead atoms. The van der Waals surface area contributed by atoms with E-state index in [0.29, 0.717) is 0 Å². The molecule has 0 atom stereocenters. The molecule has 0 radical (unpaired) electrons. The average molecular weight is 336 g/mol. The maximum atomic E-state index is 13.9. The molecular weight excluding hydrogens is 333 g/mol. The molecular formula is C14H3F7O2. The minimum absolute atomic E-state index is 0.792. The minimum atomic E-state index is -2.31. The van der Waals surface area contributed by atoms with E-state index in [0.717, 1.165) is 7.11 Å². The van der Waals surface area contributed by atoms with Crippen molar-refractivity contribution in [3.63, 3.8) is 0 Å². The fourth-order valence-corrected chi connectivity index (χ4v) is 2.49. The molecule has 9 heteroatoms. The highest BCUT2D eigenvalue weighted by atomic mass is 19.2. The number of benzene rings is 2. The van der Waals surface area contributed by atoms with Gasteiger partial charge in [0, 0.05) is 11.1 Å². The first-order chi connectivity index (χ1) is 10.7. The Hall–Kier alpha value is -2.58. The molecule has 3 rings (SSSR count). The van der Waals surface area contributed by atoms with Gasteiger partial charge in [-0.25, -0.2) is 26.3 Å². The molecule has 0 heterocycles. The third-order valence-electron chi connectivity index (χ3n) is 3.46. The number of carbonyl (C=O) groups is 1. The smallest absolute Gasteiger partial charge is 0.204 e. The molecule has 23 heavy (non-hydrogen) atoms. The zero-order valence-corrected chi connectivity index (χ0v) is 11.0. The van der Waals surface area contributed by atoms with Crippen molar-refractivity contribution in [1.82, 2.24) is 0 Å². The maximum Gasteiger partial charge on any atom is 0.204 e. The Morgan fingerprint density at radius 3 is 1.43 bits per heavy atom. The van der Waals surface area contributed by atoms with Crippen LogP contribution in [0.2, 0.25) is 0 Å². The zero-order chi connectivity index (χ0) is 17.2. The lowest BCUT2D eigenvalue weighted by atomic mass is 10.0. The van der Waals surface area contributed by atoms with Gasteiger partial charge in [-0.1, -0.05) is 0 Å². The predicted octanol–water partition coefficient (Wildman–Crippen LogP) is 3.88. The molecule has 0 spiro atoms. The van der Waals surface area contributed by atoms with Gasteiger partial charge in [-0.2, -0.15) is 4.39 Å². The van der Waals surface area contributed by atoms with E-state index in [-0.39, 0.29) is 0 Å². The van der Waals surface area contributed by atoms with E-state index in [2.05, 4.69) is 4.74 Å². The number of rotatable bonds is 1. The van der Waals surface area contributed by atoms with Crippen LogP contribution < -0.4 is 4.74 Å². The van der Waals surface area contributed by atoms with E-state index < -0.39 is 74.5 Å². The number of carbonyl (C=O) groups excluding carboxylic acids is 1. The van der Waals surface area contributed by atoms with Gasteiger partial charge in [-0.15, -0.1) is 0 Å². The van der Waals surface area contributed by atoms with Crippen molar-refractivity contribution >= 4 is 5.78 Å². The number of fused-ring (bicyclic) bond motifs is 3. The summed E-state index contributed by atoms with van der Waals surface area (Å²) in [5.74, 6) is -17.6. The van der Waals surface area contributed by atoms with E-state index in [4.69, 9.17) is 0 Å². The number of hydrogen-bond acceptors (Lipinski definition) is 2. The molecule has 0 aliphatic heterocycles. The lowest BCUT2D eigenvalue weighted by Gasteiger charge is -2.10. The summed E-state index contributed by atoms with van der Waals surface area (Å²) in [4.78, 5) is 12.1. The Bertz CT molecular complexity index is 905. The lowest BCUT2D eigenvalue weighted by Crippen LogP contribution is -2.07. The Morgan fingerprint density at radius 2 is 0.957 bits per heavy atom. The quantitative estimate of drug-likeness (QED) is 0.383. The van der Waals surface area contributed by atoms with E-state index in [9.17, 15) is 35.5 Å². The highest BCUT2D eigenvalue weighted by molar-refractivity contribution is 6.23. The highest BCUT2D eigenvalue weighted by Crippen LogP contribution is 2.48. The molecule has 1 aliphatic rings. The Labute approximate surface area is 123 Å². The number of halogens is 7. The average Bonchev–Trinajstić information content (AvgIpc) is 2.83. The monoisotopic (exact) mass is 336 g/mol. The summed E-state index contributed by atoms with van der Waals surface area (Å²) < 4.78 is 99.8. The predicted molar refractivity (Wildman–Crippen MR) is 61.6 cm³/mol. The van der Waals surface area contributed by atoms with Crippen molar-refractivity contribution in [2.75, 3.05) is 7.11 Å². The van der Waals surface area contributed by atoms with Gasteiger partial charge in [0.25, 0.3) is 0 Å². The van der Waals surface area contributed by atoms with Crippen LogP contribution in [-0.4, -0.2) is 12.9 Å². The molecule has 0 amide bonds. The topological polar surface area (TPSA) is 26.3 Å². The van der Waals surface area contributed by atoms with Crippen molar-refractivity contribution in [2.45, 2.75) is 0 Å². The van der Waals surface area contributed by atoms with E-state index in [1.54, 1.807) is 0 Å². The van der Waals surface area contributed by atoms with Crippen LogP contribution in [0.4, 0.5) is 30.7 Å². The van der Waals surface area contributed by atoms with Crippen LogP contribution in [-0.2, 0) is 0 Å². The van der Waals surface area contributed by atoms with Crippen molar-refractivity contribution in [1.29, 1.82) is 0 Å². The first kappa shape index (κ1) is 15.3. The van der Waals surface area contributed by atoms with Gasteiger partial charge in [0.15, 0.2) is 40.7 Å². The third-order valence-corrected chi connectivity index (χ3v) is 3.46. The first-order valence-electron chi connectivity index (χ1n) is 5.89. The van der Waals surface area contributed by atoms with Gasteiger partial charge in [0.2, 0.25) is 11.6 Å². The van der Waals surface area contributed by atoms with Crippen LogP contribution >= 0.6 is 0 Å². The summed E-state index contributed by atoms with van der Waals surface area (Å²) >= 11 is 0. The molecule has 0 aromatic heterocycles. The van der Waals surface area contributed by atoms with Crippen LogP contribution in [0, 0.1) is 40.7 Å². The van der Waals surface area contributed by atoms with Crippen LogP contribution in [0.25, 0.3) is 11.1 Å². The SMILES string of the molecule is COc1c(F)c(F)c(F)c2c1C(=O)c1c(F)c(F)c(F)c(F)c1-2. The molecule has 0 N–H and O–H groups in total. The number of methoxy groups -OCH3 is 1. The van der Waals surface area contributed by atoms with Crippen LogP contribution in [0.5, 0.6) is 5.75 Å². The molecule has 2 aromatic carbocycles. The maximum absolute atomic E-state index is 13.9. The first-order valence-corrected chi connectivity index (χ1v) is 5.89. The molecule has 0 fully saturated rings. The molecule has 0 unspecified atom stereocenters. The number of hydrogen-bond donors (Lipinski definition) is 0. The van der Waals surface area contributed by atoms with E-state index in [1.165, 1.54) is 0 Å². The van der Waals surface area contributed by atoms with Gasteiger partial charge >= 0.3 is 0 Å². The molecule has 0 saturated heterocycles. The van der Waals surface area contributed by atoms with Gasteiger partial charge in [-0.3, -0.25) is 4.79 Å². The van der Waals surface area contributed by atoms with Crippen LogP contribution in [0.15, 0.2) is 0 Å². The van der Waals surface area contributed by atoms with Crippen molar-refractivity contribution < 1.29 is 40.3 Å². The summed E-state index contributed by atoms with van der Waals surface area (Å²) in [6.07, 6.45) is 0. The molecule has 1 aliphatic carbocycles. The largest absolute Gasteiger partial charge is 0.493 e. The number of ketones is 1. The van der Waals surface area contributed by atoms with Crippen LogP contribution in [0.3, 0.4) is 0 Å². The molecule has 0 saturated carbocycles. The van der Waals surface area contributed by atoms with Crippen LogP contribution in [0.1, 0.15) is 15.9 Å². The molecule has 120 valence electrons. The lowest BCUT2D eigenvalue weighted by molar-refractivity contribution is 0.103.